The van der Waals surface area contributed by atoms with Crippen LogP contribution in [0.2, 0.25) is 0 Å². The van der Waals surface area contributed by atoms with Crippen molar-refractivity contribution in [3.8, 4) is 0 Å². The van der Waals surface area contributed by atoms with Gasteiger partial charge in [-0.15, -0.1) is 0 Å². The van der Waals surface area contributed by atoms with E-state index in [2.05, 4.69) is 4.98 Å². The molecule has 0 atom stereocenters. The van der Waals surface area contributed by atoms with Crippen molar-refractivity contribution in [1.82, 2.24) is 4.98 Å². The van der Waals surface area contributed by atoms with Crippen molar-refractivity contribution >= 4 is 10.9 Å². The second-order valence-corrected chi connectivity index (χ2v) is 3.45. The van der Waals surface area contributed by atoms with E-state index in [0.717, 1.165) is 0 Å². The Bertz CT molecular complexity index is 575. The summed E-state index contributed by atoms with van der Waals surface area (Å²) in [5.41, 5.74) is 7.20. The van der Waals surface area contributed by atoms with Gasteiger partial charge in [0.2, 0.25) is 0 Å². The first-order valence-corrected chi connectivity index (χ1v) is 4.64. The van der Waals surface area contributed by atoms with Gasteiger partial charge in [-0.25, -0.2) is 4.39 Å². The van der Waals surface area contributed by atoms with Crippen LogP contribution >= 0.6 is 0 Å². The number of halogens is 1. The molecule has 3 nitrogen and oxygen atoms in total. The molecule has 0 aliphatic carbocycles. The summed E-state index contributed by atoms with van der Waals surface area (Å²) in [4.78, 5) is 14.8. The maximum atomic E-state index is 13.0. The Morgan fingerprint density at radius 1 is 1.47 bits per heavy atom. The summed E-state index contributed by atoms with van der Waals surface area (Å²) in [6.07, 6.45) is 0. The van der Waals surface area contributed by atoms with E-state index in [1.54, 1.807) is 13.0 Å². The minimum atomic E-state index is -0.409. The number of rotatable bonds is 1. The van der Waals surface area contributed by atoms with Crippen molar-refractivity contribution in [1.29, 1.82) is 0 Å². The third kappa shape index (κ3) is 1.53. The minimum absolute atomic E-state index is 0.163. The average Bonchev–Trinajstić information content (AvgIpc) is 2.24. The zero-order valence-corrected chi connectivity index (χ0v) is 8.30. The lowest BCUT2D eigenvalue weighted by Gasteiger charge is -2.05. The maximum absolute atomic E-state index is 13.0. The highest BCUT2D eigenvalue weighted by Gasteiger charge is 2.07. The smallest absolute Gasteiger partial charge is 0.192 e. The number of H-pyrrole nitrogens is 1. The van der Waals surface area contributed by atoms with Gasteiger partial charge in [-0.05, 0) is 25.1 Å². The molecule has 3 N–H and O–H groups in total. The first-order valence-electron chi connectivity index (χ1n) is 4.64. The first-order chi connectivity index (χ1) is 7.13. The highest BCUT2D eigenvalue weighted by Crippen LogP contribution is 2.12. The fourth-order valence-electron chi connectivity index (χ4n) is 1.61. The Kier molecular flexibility index (Phi) is 2.28. The second kappa shape index (κ2) is 3.47. The molecule has 0 unspecified atom stereocenters. The Balaban J connectivity index is 2.91. The number of fused-ring (bicyclic) bond motifs is 1. The van der Waals surface area contributed by atoms with Crippen LogP contribution in [0.4, 0.5) is 4.39 Å². The fraction of sp³-hybridized carbons (Fsp3) is 0.182. The van der Waals surface area contributed by atoms with Crippen molar-refractivity contribution in [3.05, 3.63) is 45.5 Å². The van der Waals surface area contributed by atoms with Crippen LogP contribution in [-0.4, -0.2) is 4.98 Å². The highest BCUT2D eigenvalue weighted by atomic mass is 19.1. The number of pyridine rings is 1. The molecule has 4 heteroatoms. The van der Waals surface area contributed by atoms with Crippen LogP contribution in [-0.2, 0) is 6.54 Å². The van der Waals surface area contributed by atoms with Gasteiger partial charge < -0.3 is 10.7 Å². The van der Waals surface area contributed by atoms with Gasteiger partial charge in [-0.3, -0.25) is 4.79 Å². The van der Waals surface area contributed by atoms with Crippen molar-refractivity contribution in [2.75, 3.05) is 0 Å². The molecule has 0 saturated heterocycles. The third-order valence-electron chi connectivity index (χ3n) is 2.51. The highest BCUT2D eigenvalue weighted by molar-refractivity contribution is 5.79. The standard InChI is InChI=1S/C11H11FN2O/c1-6-10(5-13)14-9-3-2-7(12)4-8(9)11(6)15/h2-4H,5,13H2,1H3,(H,14,15). The zero-order valence-electron chi connectivity index (χ0n) is 8.30. The Labute approximate surface area is 85.7 Å². The van der Waals surface area contributed by atoms with Gasteiger partial charge in [0.05, 0.1) is 0 Å². The van der Waals surface area contributed by atoms with E-state index >= 15 is 0 Å². The van der Waals surface area contributed by atoms with Crippen molar-refractivity contribution < 1.29 is 4.39 Å². The summed E-state index contributed by atoms with van der Waals surface area (Å²) >= 11 is 0. The lowest BCUT2D eigenvalue weighted by molar-refractivity contribution is 0.629. The van der Waals surface area contributed by atoms with E-state index in [1.165, 1.54) is 12.1 Å². The SMILES string of the molecule is Cc1c(CN)[nH]c2ccc(F)cc2c1=O. The first kappa shape index (κ1) is 9.86. The van der Waals surface area contributed by atoms with Gasteiger partial charge in [0.25, 0.3) is 0 Å². The largest absolute Gasteiger partial charge is 0.357 e. The summed E-state index contributed by atoms with van der Waals surface area (Å²) in [6.45, 7) is 1.96. The van der Waals surface area contributed by atoms with Crippen molar-refractivity contribution in [3.63, 3.8) is 0 Å². The second-order valence-electron chi connectivity index (χ2n) is 3.45. The van der Waals surface area contributed by atoms with Crippen LogP contribution in [0.1, 0.15) is 11.3 Å². The summed E-state index contributed by atoms with van der Waals surface area (Å²) in [7, 11) is 0. The van der Waals surface area contributed by atoms with E-state index in [1.807, 2.05) is 0 Å². The molecule has 1 aromatic carbocycles. The number of aromatic nitrogens is 1. The van der Waals surface area contributed by atoms with Crippen LogP contribution in [0.3, 0.4) is 0 Å². The lowest BCUT2D eigenvalue weighted by Crippen LogP contribution is -2.14. The Hall–Kier alpha value is -1.68. The van der Waals surface area contributed by atoms with Crippen molar-refractivity contribution in [2.24, 2.45) is 5.73 Å². The van der Waals surface area contributed by atoms with Crippen molar-refractivity contribution in [2.45, 2.75) is 13.5 Å². The summed E-state index contributed by atoms with van der Waals surface area (Å²) in [5.74, 6) is -0.409. The van der Waals surface area contributed by atoms with E-state index < -0.39 is 5.82 Å². The van der Waals surface area contributed by atoms with Gasteiger partial charge in [-0.2, -0.15) is 0 Å². The van der Waals surface area contributed by atoms with Crippen LogP contribution in [0.5, 0.6) is 0 Å². The Morgan fingerprint density at radius 3 is 2.87 bits per heavy atom. The molecular weight excluding hydrogens is 195 g/mol. The predicted octanol–water partition coefficient (Wildman–Crippen LogP) is 1.43. The number of benzene rings is 1. The molecule has 78 valence electrons. The maximum Gasteiger partial charge on any atom is 0.192 e. The molecule has 0 fully saturated rings. The number of aromatic amines is 1. The average molecular weight is 206 g/mol. The number of hydrogen-bond acceptors (Lipinski definition) is 2. The topological polar surface area (TPSA) is 58.9 Å². The molecule has 0 spiro atoms. The van der Waals surface area contributed by atoms with E-state index in [0.29, 0.717) is 22.2 Å². The molecule has 0 bridgehead atoms. The monoisotopic (exact) mass is 206 g/mol. The van der Waals surface area contributed by atoms with Crippen LogP contribution in [0.15, 0.2) is 23.0 Å². The normalized spacial score (nSPS) is 10.9. The molecule has 0 aliphatic rings. The molecule has 15 heavy (non-hydrogen) atoms. The summed E-state index contributed by atoms with van der Waals surface area (Å²) < 4.78 is 13.0. The van der Waals surface area contributed by atoms with Crippen LogP contribution < -0.4 is 11.2 Å². The van der Waals surface area contributed by atoms with Gasteiger partial charge in [0.1, 0.15) is 5.82 Å². The molecule has 0 radical (unpaired) electrons. The molecule has 0 aliphatic heterocycles. The van der Waals surface area contributed by atoms with Gasteiger partial charge >= 0.3 is 0 Å². The van der Waals surface area contributed by atoms with E-state index in [4.69, 9.17) is 5.73 Å². The van der Waals surface area contributed by atoms with Gasteiger partial charge in [-0.1, -0.05) is 0 Å². The third-order valence-corrected chi connectivity index (χ3v) is 2.51. The molecule has 1 heterocycles. The molecule has 0 amide bonds. The minimum Gasteiger partial charge on any atom is -0.357 e. The number of nitrogens with one attached hydrogen (secondary N) is 1. The molecule has 0 saturated carbocycles. The number of nitrogens with two attached hydrogens (primary N) is 1. The van der Waals surface area contributed by atoms with E-state index in [-0.39, 0.29) is 12.0 Å². The molecule has 2 rings (SSSR count). The zero-order chi connectivity index (χ0) is 11.0. The van der Waals surface area contributed by atoms with Gasteiger partial charge in [0, 0.05) is 28.7 Å². The van der Waals surface area contributed by atoms with E-state index in [9.17, 15) is 9.18 Å². The quantitative estimate of drug-likeness (QED) is 0.741. The molecular formula is C11H11FN2O. The lowest BCUT2D eigenvalue weighted by atomic mass is 10.1. The summed E-state index contributed by atoms with van der Waals surface area (Å²) in [5, 5.41) is 0.365. The molecule has 1 aromatic heterocycles. The fourth-order valence-corrected chi connectivity index (χ4v) is 1.61. The Morgan fingerprint density at radius 2 is 2.20 bits per heavy atom. The van der Waals surface area contributed by atoms with Crippen LogP contribution in [0, 0.1) is 12.7 Å². The van der Waals surface area contributed by atoms with Crippen LogP contribution in [0.25, 0.3) is 10.9 Å². The molecule has 2 aromatic rings. The summed E-state index contributed by atoms with van der Waals surface area (Å²) in [6, 6.07) is 4.10. The number of hydrogen-bond donors (Lipinski definition) is 2. The van der Waals surface area contributed by atoms with Gasteiger partial charge in [0.15, 0.2) is 5.43 Å². The predicted molar refractivity (Wildman–Crippen MR) is 57.2 cm³/mol.